The molecule has 0 saturated heterocycles. The molecule has 1 amide bonds. The largest absolute Gasteiger partial charge is 0.398 e. The molecule has 24 heavy (non-hydrogen) atoms. The lowest BCUT2D eigenvalue weighted by Crippen LogP contribution is -2.14. The number of nitrogens with zero attached hydrogens (tertiary/aromatic N) is 2. The maximum absolute atomic E-state index is 12.0. The van der Waals surface area contributed by atoms with Crippen molar-refractivity contribution in [2.75, 3.05) is 16.8 Å². The maximum Gasteiger partial charge on any atom is 0.234 e. The van der Waals surface area contributed by atoms with Crippen molar-refractivity contribution in [3.8, 4) is 11.4 Å². The van der Waals surface area contributed by atoms with Crippen LogP contribution in [0, 0.1) is 0 Å². The van der Waals surface area contributed by atoms with Crippen molar-refractivity contribution in [1.82, 2.24) is 15.2 Å². The molecule has 0 spiro atoms. The molecule has 3 rings (SSSR count). The monoisotopic (exact) mass is 359 g/mol. The molecule has 0 bridgehead atoms. The number of hydrogen-bond acceptors (Lipinski definition) is 5. The molecular weight excluding hydrogens is 346 g/mol. The molecule has 3 aromatic rings. The summed E-state index contributed by atoms with van der Waals surface area (Å²) < 4.78 is 0. The van der Waals surface area contributed by atoms with Crippen LogP contribution in [0.5, 0.6) is 0 Å². The van der Waals surface area contributed by atoms with Crippen molar-refractivity contribution in [3.63, 3.8) is 0 Å². The Morgan fingerprint density at radius 1 is 1.21 bits per heavy atom. The zero-order valence-electron chi connectivity index (χ0n) is 12.5. The van der Waals surface area contributed by atoms with E-state index in [1.165, 1.54) is 11.8 Å². The van der Waals surface area contributed by atoms with Gasteiger partial charge in [0.2, 0.25) is 11.1 Å². The van der Waals surface area contributed by atoms with Gasteiger partial charge in [-0.25, -0.2) is 4.98 Å². The fraction of sp³-hybridized carbons (Fsp3) is 0.0625. The van der Waals surface area contributed by atoms with Crippen molar-refractivity contribution in [2.45, 2.75) is 5.16 Å². The van der Waals surface area contributed by atoms with Crippen LogP contribution in [-0.4, -0.2) is 26.8 Å². The molecule has 0 atom stereocenters. The van der Waals surface area contributed by atoms with Gasteiger partial charge >= 0.3 is 0 Å². The van der Waals surface area contributed by atoms with Crippen LogP contribution in [-0.2, 0) is 4.79 Å². The summed E-state index contributed by atoms with van der Waals surface area (Å²) in [6.45, 7) is 0. The van der Waals surface area contributed by atoms with Crippen LogP contribution < -0.4 is 11.1 Å². The highest BCUT2D eigenvalue weighted by atomic mass is 35.5. The molecule has 0 radical (unpaired) electrons. The Hall–Kier alpha value is -2.51. The molecule has 0 aliphatic rings. The Bertz CT molecular complexity index is 867. The number of H-pyrrole nitrogens is 1. The Labute approximate surface area is 147 Å². The number of hydrogen-bond donors (Lipinski definition) is 3. The van der Waals surface area contributed by atoms with E-state index in [1.54, 1.807) is 30.3 Å². The molecule has 1 aromatic heterocycles. The molecule has 0 saturated carbocycles. The van der Waals surface area contributed by atoms with E-state index >= 15 is 0 Å². The Morgan fingerprint density at radius 3 is 2.75 bits per heavy atom. The normalized spacial score (nSPS) is 10.5. The quantitative estimate of drug-likeness (QED) is 0.479. The first-order valence-corrected chi connectivity index (χ1v) is 8.44. The van der Waals surface area contributed by atoms with Gasteiger partial charge in [-0.1, -0.05) is 47.6 Å². The van der Waals surface area contributed by atoms with Gasteiger partial charge < -0.3 is 11.1 Å². The van der Waals surface area contributed by atoms with Crippen LogP contribution in [0.1, 0.15) is 0 Å². The van der Waals surface area contributed by atoms with E-state index in [0.29, 0.717) is 27.4 Å². The lowest BCUT2D eigenvalue weighted by molar-refractivity contribution is -0.113. The van der Waals surface area contributed by atoms with Gasteiger partial charge in [0.15, 0.2) is 5.82 Å². The van der Waals surface area contributed by atoms with Crippen molar-refractivity contribution in [3.05, 3.63) is 53.6 Å². The van der Waals surface area contributed by atoms with Crippen molar-refractivity contribution < 1.29 is 4.79 Å². The first-order valence-electron chi connectivity index (χ1n) is 7.08. The summed E-state index contributed by atoms with van der Waals surface area (Å²) >= 11 is 7.23. The van der Waals surface area contributed by atoms with Gasteiger partial charge in [-0.2, -0.15) is 0 Å². The number of carbonyl (C=O) groups is 1. The summed E-state index contributed by atoms with van der Waals surface area (Å²) in [7, 11) is 0. The fourth-order valence-electron chi connectivity index (χ4n) is 2.02. The number of halogens is 1. The number of nitrogen functional groups attached to an aromatic ring is 1. The third-order valence-corrected chi connectivity index (χ3v) is 4.34. The highest BCUT2D eigenvalue weighted by Crippen LogP contribution is 2.24. The van der Waals surface area contributed by atoms with E-state index in [2.05, 4.69) is 20.5 Å². The van der Waals surface area contributed by atoms with Crippen molar-refractivity contribution in [1.29, 1.82) is 0 Å². The SMILES string of the molecule is Nc1ccccc1-c1nc(SCC(=O)Nc2ccccc2Cl)n[nH]1. The summed E-state index contributed by atoms with van der Waals surface area (Å²) in [5.41, 5.74) is 7.88. The number of thioether (sulfide) groups is 1. The molecule has 6 nitrogen and oxygen atoms in total. The first-order chi connectivity index (χ1) is 11.6. The molecule has 8 heteroatoms. The van der Waals surface area contributed by atoms with Gasteiger partial charge in [-0.3, -0.25) is 9.89 Å². The number of aromatic amines is 1. The number of benzene rings is 2. The molecule has 0 aliphatic heterocycles. The Kier molecular flexibility index (Phi) is 5.02. The minimum absolute atomic E-state index is 0.173. The van der Waals surface area contributed by atoms with Gasteiger partial charge in [0.25, 0.3) is 0 Å². The van der Waals surface area contributed by atoms with Crippen LogP contribution in [0.2, 0.25) is 5.02 Å². The van der Waals surface area contributed by atoms with Gasteiger partial charge in [0.1, 0.15) is 0 Å². The molecule has 0 fully saturated rings. The topological polar surface area (TPSA) is 96.7 Å². The van der Waals surface area contributed by atoms with Gasteiger partial charge in [-0.05, 0) is 24.3 Å². The van der Waals surface area contributed by atoms with E-state index in [0.717, 1.165) is 5.56 Å². The highest BCUT2D eigenvalue weighted by Gasteiger charge is 2.11. The standard InChI is InChI=1S/C16H14ClN5OS/c17-11-6-2-4-8-13(11)19-14(23)9-24-16-20-15(21-22-16)10-5-1-3-7-12(10)18/h1-8H,9,18H2,(H,19,23)(H,20,21,22). The highest BCUT2D eigenvalue weighted by molar-refractivity contribution is 7.99. The molecule has 0 aliphatic carbocycles. The van der Waals surface area contributed by atoms with Gasteiger partial charge in [0, 0.05) is 11.3 Å². The average Bonchev–Trinajstić information content (AvgIpc) is 3.04. The minimum atomic E-state index is -0.182. The van der Waals surface area contributed by atoms with E-state index in [-0.39, 0.29) is 11.7 Å². The zero-order chi connectivity index (χ0) is 16.9. The third-order valence-electron chi connectivity index (χ3n) is 3.16. The van der Waals surface area contributed by atoms with Crippen LogP contribution in [0.4, 0.5) is 11.4 Å². The van der Waals surface area contributed by atoms with Crippen LogP contribution in [0.15, 0.2) is 53.7 Å². The number of nitrogens with one attached hydrogen (secondary N) is 2. The average molecular weight is 360 g/mol. The molecule has 2 aromatic carbocycles. The lowest BCUT2D eigenvalue weighted by atomic mass is 10.2. The van der Waals surface area contributed by atoms with Crippen LogP contribution in [0.25, 0.3) is 11.4 Å². The maximum atomic E-state index is 12.0. The summed E-state index contributed by atoms with van der Waals surface area (Å²) in [6, 6.07) is 14.4. The number of nitrogens with two attached hydrogens (primary N) is 1. The predicted octanol–water partition coefficient (Wildman–Crippen LogP) is 3.44. The molecule has 0 unspecified atom stereocenters. The van der Waals surface area contributed by atoms with E-state index in [4.69, 9.17) is 17.3 Å². The van der Waals surface area contributed by atoms with E-state index in [9.17, 15) is 4.79 Å². The molecule has 1 heterocycles. The van der Waals surface area contributed by atoms with Gasteiger partial charge in [0.05, 0.1) is 16.5 Å². The van der Waals surface area contributed by atoms with Crippen LogP contribution >= 0.6 is 23.4 Å². The number of para-hydroxylation sites is 2. The summed E-state index contributed by atoms with van der Waals surface area (Å²) in [4.78, 5) is 16.3. The first kappa shape index (κ1) is 16.4. The summed E-state index contributed by atoms with van der Waals surface area (Å²) in [5.74, 6) is 0.563. The Morgan fingerprint density at radius 2 is 1.96 bits per heavy atom. The third kappa shape index (κ3) is 3.87. The lowest BCUT2D eigenvalue weighted by Gasteiger charge is -2.05. The van der Waals surface area contributed by atoms with Gasteiger partial charge in [-0.15, -0.1) is 5.10 Å². The number of anilines is 2. The number of aromatic nitrogens is 3. The second-order valence-corrected chi connectivity index (χ2v) is 6.22. The van der Waals surface area contributed by atoms with E-state index < -0.39 is 0 Å². The second kappa shape index (κ2) is 7.37. The smallest absolute Gasteiger partial charge is 0.234 e. The number of carbonyl (C=O) groups excluding carboxylic acids is 1. The van der Waals surface area contributed by atoms with Crippen LogP contribution in [0.3, 0.4) is 0 Å². The predicted molar refractivity (Wildman–Crippen MR) is 97.0 cm³/mol. The molecular formula is C16H14ClN5OS. The van der Waals surface area contributed by atoms with Crippen molar-refractivity contribution in [2.24, 2.45) is 0 Å². The number of rotatable bonds is 5. The minimum Gasteiger partial charge on any atom is -0.398 e. The zero-order valence-corrected chi connectivity index (χ0v) is 14.1. The summed E-state index contributed by atoms with van der Waals surface area (Å²) in [6.07, 6.45) is 0. The fourth-order valence-corrected chi connectivity index (χ4v) is 2.80. The number of amides is 1. The Balaban J connectivity index is 1.61. The summed E-state index contributed by atoms with van der Waals surface area (Å²) in [5, 5.41) is 10.6. The van der Waals surface area contributed by atoms with E-state index in [1.807, 2.05) is 18.2 Å². The second-order valence-electron chi connectivity index (χ2n) is 4.87. The van der Waals surface area contributed by atoms with Crippen molar-refractivity contribution >= 4 is 40.6 Å². The molecule has 122 valence electrons. The molecule has 4 N–H and O–H groups in total.